The predicted molar refractivity (Wildman–Crippen MR) is 51.8 cm³/mol. The van der Waals surface area contributed by atoms with E-state index in [1.807, 2.05) is 25.1 Å². The van der Waals surface area contributed by atoms with Crippen molar-refractivity contribution in [3.63, 3.8) is 0 Å². The third kappa shape index (κ3) is 4.05. The Kier molecular flexibility index (Phi) is 5.34. The summed E-state index contributed by atoms with van der Waals surface area (Å²) in [6.45, 7) is 3.75. The first-order valence-corrected chi connectivity index (χ1v) is 4.28. The van der Waals surface area contributed by atoms with Crippen LogP contribution in [0.5, 0.6) is 0 Å². The van der Waals surface area contributed by atoms with E-state index in [1.165, 1.54) is 0 Å². The highest BCUT2D eigenvalue weighted by atomic mass is 16.7. The Hall–Kier alpha value is -0.870. The SMILES string of the molecule is CCC(/C=C(\C)C(=O)ON)N(C)C. The van der Waals surface area contributed by atoms with Gasteiger partial charge in [-0.25, -0.2) is 4.79 Å². The van der Waals surface area contributed by atoms with Crippen molar-refractivity contribution in [2.45, 2.75) is 26.3 Å². The fraction of sp³-hybridized carbons (Fsp3) is 0.667. The van der Waals surface area contributed by atoms with Crippen molar-refractivity contribution in [1.82, 2.24) is 4.90 Å². The summed E-state index contributed by atoms with van der Waals surface area (Å²) < 4.78 is 0. The summed E-state index contributed by atoms with van der Waals surface area (Å²) in [5, 5.41) is 0. The van der Waals surface area contributed by atoms with Gasteiger partial charge < -0.3 is 9.74 Å². The largest absolute Gasteiger partial charge is 0.370 e. The second kappa shape index (κ2) is 5.72. The van der Waals surface area contributed by atoms with Crippen LogP contribution in [-0.2, 0) is 9.63 Å². The molecule has 0 aliphatic carbocycles. The molecule has 0 heterocycles. The summed E-state index contributed by atoms with van der Waals surface area (Å²) in [6.07, 6.45) is 2.80. The molecule has 0 aromatic heterocycles. The lowest BCUT2D eigenvalue weighted by atomic mass is 10.1. The minimum atomic E-state index is -0.472. The van der Waals surface area contributed by atoms with Crippen molar-refractivity contribution in [3.8, 4) is 0 Å². The fourth-order valence-electron chi connectivity index (χ4n) is 1.08. The van der Waals surface area contributed by atoms with Crippen LogP contribution in [0.4, 0.5) is 0 Å². The van der Waals surface area contributed by atoms with Crippen molar-refractivity contribution in [2.24, 2.45) is 5.90 Å². The molecule has 1 unspecified atom stereocenters. The van der Waals surface area contributed by atoms with Crippen molar-refractivity contribution in [3.05, 3.63) is 11.6 Å². The van der Waals surface area contributed by atoms with Gasteiger partial charge in [0.15, 0.2) is 0 Å². The second-order valence-electron chi connectivity index (χ2n) is 3.19. The van der Waals surface area contributed by atoms with E-state index >= 15 is 0 Å². The molecule has 0 radical (unpaired) electrons. The molecule has 76 valence electrons. The van der Waals surface area contributed by atoms with E-state index in [1.54, 1.807) is 6.92 Å². The Morgan fingerprint density at radius 2 is 2.15 bits per heavy atom. The zero-order valence-corrected chi connectivity index (χ0v) is 8.70. The van der Waals surface area contributed by atoms with Crippen molar-refractivity contribution in [2.75, 3.05) is 14.1 Å². The summed E-state index contributed by atoms with van der Waals surface area (Å²) in [6, 6.07) is 0.249. The molecule has 4 heteroatoms. The first-order valence-electron chi connectivity index (χ1n) is 4.28. The van der Waals surface area contributed by atoms with Crippen molar-refractivity contribution in [1.29, 1.82) is 0 Å². The molecule has 0 aliphatic heterocycles. The average molecular weight is 186 g/mol. The first kappa shape index (κ1) is 12.1. The molecule has 0 spiro atoms. The number of nitrogens with two attached hydrogens (primary N) is 1. The Morgan fingerprint density at radius 1 is 1.62 bits per heavy atom. The molecule has 1 atom stereocenters. The molecule has 0 saturated carbocycles. The topological polar surface area (TPSA) is 55.6 Å². The Labute approximate surface area is 79.3 Å². The standard InChI is InChI=1S/C9H18N2O2/c1-5-8(11(3)4)6-7(2)9(12)13-10/h6,8H,5,10H2,1-4H3/b7-6+. The van der Waals surface area contributed by atoms with Gasteiger partial charge in [-0.3, -0.25) is 0 Å². The van der Waals surface area contributed by atoms with E-state index in [0.29, 0.717) is 5.57 Å². The van der Waals surface area contributed by atoms with Crippen LogP contribution >= 0.6 is 0 Å². The Bertz CT molecular complexity index is 200. The van der Waals surface area contributed by atoms with Crippen LogP contribution in [0, 0.1) is 0 Å². The van der Waals surface area contributed by atoms with E-state index in [9.17, 15) is 4.79 Å². The molecule has 2 N–H and O–H groups in total. The number of carbonyl (C=O) groups excluding carboxylic acids is 1. The summed E-state index contributed by atoms with van der Waals surface area (Å²) >= 11 is 0. The van der Waals surface area contributed by atoms with Crippen LogP contribution in [0.3, 0.4) is 0 Å². The molecular weight excluding hydrogens is 168 g/mol. The van der Waals surface area contributed by atoms with Gasteiger partial charge in [0.05, 0.1) is 0 Å². The third-order valence-electron chi connectivity index (χ3n) is 1.95. The maximum Gasteiger partial charge on any atom is 0.351 e. The van der Waals surface area contributed by atoms with Crippen LogP contribution in [0.2, 0.25) is 0 Å². The molecule has 0 rings (SSSR count). The first-order chi connectivity index (χ1) is 6.02. The fourth-order valence-corrected chi connectivity index (χ4v) is 1.08. The lowest BCUT2D eigenvalue weighted by molar-refractivity contribution is -0.139. The lowest BCUT2D eigenvalue weighted by Gasteiger charge is -2.19. The van der Waals surface area contributed by atoms with Gasteiger partial charge in [-0.1, -0.05) is 13.0 Å². The lowest BCUT2D eigenvalue weighted by Crippen LogP contribution is -2.26. The Morgan fingerprint density at radius 3 is 2.46 bits per heavy atom. The Balaban J connectivity index is 4.41. The van der Waals surface area contributed by atoms with Gasteiger partial charge in [-0.05, 0) is 27.4 Å². The van der Waals surface area contributed by atoms with Crippen LogP contribution in [0.1, 0.15) is 20.3 Å². The van der Waals surface area contributed by atoms with Crippen LogP contribution in [-0.4, -0.2) is 31.0 Å². The summed E-state index contributed by atoms with van der Waals surface area (Å²) in [5.41, 5.74) is 0.544. The molecule has 0 saturated heterocycles. The number of carbonyl (C=O) groups is 1. The highest BCUT2D eigenvalue weighted by molar-refractivity contribution is 5.87. The molecule has 0 amide bonds. The quantitative estimate of drug-likeness (QED) is 0.518. The summed E-state index contributed by atoms with van der Waals surface area (Å²) in [4.78, 5) is 17.1. The summed E-state index contributed by atoms with van der Waals surface area (Å²) in [7, 11) is 3.93. The zero-order chi connectivity index (χ0) is 10.4. The molecule has 0 aliphatic rings. The molecular formula is C9H18N2O2. The smallest absolute Gasteiger partial charge is 0.351 e. The molecule has 13 heavy (non-hydrogen) atoms. The minimum absolute atomic E-state index is 0.249. The van der Waals surface area contributed by atoms with Crippen LogP contribution in [0.15, 0.2) is 11.6 Å². The van der Waals surface area contributed by atoms with Gasteiger partial charge in [0.1, 0.15) is 0 Å². The zero-order valence-electron chi connectivity index (χ0n) is 8.70. The molecule has 0 aromatic carbocycles. The minimum Gasteiger partial charge on any atom is -0.370 e. The van der Waals surface area contributed by atoms with Crippen molar-refractivity contribution >= 4 is 5.97 Å². The van der Waals surface area contributed by atoms with E-state index < -0.39 is 5.97 Å². The average Bonchev–Trinajstić information content (AvgIpc) is 2.11. The number of nitrogens with zero attached hydrogens (tertiary/aromatic N) is 1. The molecule has 4 nitrogen and oxygen atoms in total. The van der Waals surface area contributed by atoms with Gasteiger partial charge in [-0.2, -0.15) is 5.90 Å². The van der Waals surface area contributed by atoms with Gasteiger partial charge in [-0.15, -0.1) is 0 Å². The van der Waals surface area contributed by atoms with Gasteiger partial charge in [0.25, 0.3) is 0 Å². The van der Waals surface area contributed by atoms with E-state index in [4.69, 9.17) is 5.90 Å². The molecule has 0 fully saturated rings. The third-order valence-corrected chi connectivity index (χ3v) is 1.95. The highest BCUT2D eigenvalue weighted by Crippen LogP contribution is 2.05. The summed E-state index contributed by atoms with van der Waals surface area (Å²) in [5.74, 6) is 4.29. The van der Waals surface area contributed by atoms with Gasteiger partial charge in [0, 0.05) is 11.6 Å². The van der Waals surface area contributed by atoms with E-state index in [-0.39, 0.29) is 6.04 Å². The van der Waals surface area contributed by atoms with E-state index in [0.717, 1.165) is 6.42 Å². The van der Waals surface area contributed by atoms with Gasteiger partial charge in [0.2, 0.25) is 0 Å². The van der Waals surface area contributed by atoms with Crippen molar-refractivity contribution < 1.29 is 9.63 Å². The maximum atomic E-state index is 11.0. The monoisotopic (exact) mass is 186 g/mol. The van der Waals surface area contributed by atoms with E-state index in [2.05, 4.69) is 11.8 Å². The second-order valence-corrected chi connectivity index (χ2v) is 3.19. The molecule has 0 aromatic rings. The van der Waals surface area contributed by atoms with Crippen LogP contribution in [0.25, 0.3) is 0 Å². The van der Waals surface area contributed by atoms with Gasteiger partial charge >= 0.3 is 5.97 Å². The number of hydrogen-bond donors (Lipinski definition) is 1. The number of hydrogen-bond acceptors (Lipinski definition) is 4. The highest BCUT2D eigenvalue weighted by Gasteiger charge is 2.09. The molecule has 0 bridgehead atoms. The normalized spacial score (nSPS) is 14.5. The predicted octanol–water partition coefficient (Wildman–Crippen LogP) is 0.690. The van der Waals surface area contributed by atoms with Crippen LogP contribution < -0.4 is 5.90 Å². The maximum absolute atomic E-state index is 11.0. The number of rotatable bonds is 4. The number of likely N-dealkylation sites (N-methyl/N-ethyl adjacent to an activating group) is 1.